The van der Waals surface area contributed by atoms with Crippen LogP contribution in [-0.2, 0) is 23.8 Å². The van der Waals surface area contributed by atoms with Crippen LogP contribution in [0.5, 0.6) is 5.75 Å². The van der Waals surface area contributed by atoms with Crippen molar-refractivity contribution in [1.29, 1.82) is 0 Å². The Kier molecular flexibility index (Phi) is 6.82. The lowest BCUT2D eigenvalue weighted by Crippen LogP contribution is -2.41. The Morgan fingerprint density at radius 2 is 1.77 bits per heavy atom. The lowest BCUT2D eigenvalue weighted by atomic mass is 10.0. The van der Waals surface area contributed by atoms with Gasteiger partial charge in [0.2, 0.25) is 12.9 Å². The second kappa shape index (κ2) is 8.61. The summed E-state index contributed by atoms with van der Waals surface area (Å²) < 4.78 is 122. The molecule has 10 nitrogen and oxygen atoms in total. The maximum atomic E-state index is 13.3. The predicted octanol–water partition coefficient (Wildman–Crippen LogP) is 5.30. The van der Waals surface area contributed by atoms with Gasteiger partial charge >= 0.3 is 28.5 Å². The molecule has 0 aliphatic carbocycles. The van der Waals surface area contributed by atoms with Crippen molar-refractivity contribution in [3.05, 3.63) is 39.4 Å². The van der Waals surface area contributed by atoms with E-state index in [2.05, 4.69) is 23.8 Å². The summed E-state index contributed by atoms with van der Waals surface area (Å²) in [7, 11) is -10.2. The SMILES string of the molecule is CC(COC(=O)OCOC(=O)C1=Cc2cc(S(F)(F)(F)(F)F)ccc2O[C@@H]1C(F)(F)F)O[N+](=O)[O-]. The molecule has 0 aromatic heterocycles. The first-order valence-corrected chi connectivity index (χ1v) is 10.7. The van der Waals surface area contributed by atoms with Crippen molar-refractivity contribution >= 4 is 28.4 Å². The Balaban J connectivity index is 2.16. The molecule has 35 heavy (non-hydrogen) atoms. The van der Waals surface area contributed by atoms with Gasteiger partial charge in [-0.15, -0.1) is 10.1 Å². The average Bonchev–Trinajstić information content (AvgIpc) is 2.67. The summed E-state index contributed by atoms with van der Waals surface area (Å²) in [5.41, 5.74) is -2.36. The minimum Gasteiger partial charge on any atom is -0.475 e. The summed E-state index contributed by atoms with van der Waals surface area (Å²) in [6, 6.07) is -0.122. The van der Waals surface area contributed by atoms with Gasteiger partial charge in [-0.05, 0) is 31.2 Å². The molecule has 1 aromatic carbocycles. The molecular formula is C16H13F8NO9S. The zero-order chi connectivity index (χ0) is 26.9. The van der Waals surface area contributed by atoms with Crippen molar-refractivity contribution in [2.75, 3.05) is 13.4 Å². The summed E-state index contributed by atoms with van der Waals surface area (Å²) in [4.78, 5) is 35.0. The van der Waals surface area contributed by atoms with Gasteiger partial charge in [-0.25, -0.2) is 9.59 Å². The van der Waals surface area contributed by atoms with Gasteiger partial charge in [-0.1, -0.05) is 19.4 Å². The van der Waals surface area contributed by atoms with Crippen molar-refractivity contribution in [2.45, 2.75) is 30.2 Å². The maximum Gasteiger partial charge on any atom is 0.511 e. The number of alkyl halides is 3. The maximum absolute atomic E-state index is 13.3. The van der Waals surface area contributed by atoms with Crippen molar-refractivity contribution in [1.82, 2.24) is 0 Å². The summed E-state index contributed by atoms with van der Waals surface area (Å²) in [6.45, 7) is -0.931. The Hall–Kier alpha value is -3.51. The first-order chi connectivity index (χ1) is 15.7. The highest BCUT2D eigenvalue weighted by Gasteiger charge is 2.65. The van der Waals surface area contributed by atoms with Gasteiger partial charge in [0.15, 0.2) is 0 Å². The number of fused-ring (bicyclic) bond motifs is 1. The summed E-state index contributed by atoms with van der Waals surface area (Å²) in [5.74, 6) is -2.76. The van der Waals surface area contributed by atoms with E-state index < -0.39 is 81.0 Å². The fourth-order valence-electron chi connectivity index (χ4n) is 2.45. The molecule has 0 radical (unpaired) electrons. The number of hydrogen-bond donors (Lipinski definition) is 0. The van der Waals surface area contributed by atoms with Gasteiger partial charge in [0.25, 0.3) is 5.09 Å². The molecule has 198 valence electrons. The summed E-state index contributed by atoms with van der Waals surface area (Å²) >= 11 is 0. The van der Waals surface area contributed by atoms with Crippen molar-refractivity contribution in [3.63, 3.8) is 0 Å². The van der Waals surface area contributed by atoms with Crippen LogP contribution >= 0.6 is 10.2 Å². The van der Waals surface area contributed by atoms with E-state index >= 15 is 0 Å². The lowest BCUT2D eigenvalue weighted by molar-refractivity contribution is -0.767. The number of ether oxygens (including phenoxy) is 4. The fraction of sp³-hybridized carbons (Fsp3) is 0.375. The van der Waals surface area contributed by atoms with Crippen LogP contribution in [0.2, 0.25) is 0 Å². The van der Waals surface area contributed by atoms with E-state index in [-0.39, 0.29) is 24.3 Å². The molecule has 1 aliphatic heterocycles. The highest BCUT2D eigenvalue weighted by atomic mass is 32.5. The third-order valence-corrected chi connectivity index (χ3v) is 5.01. The third kappa shape index (κ3) is 7.76. The molecule has 2 atom stereocenters. The molecule has 0 amide bonds. The van der Waals surface area contributed by atoms with Gasteiger partial charge in [0.05, 0.1) is 5.57 Å². The molecule has 0 spiro atoms. The topological polar surface area (TPSA) is 123 Å². The van der Waals surface area contributed by atoms with E-state index in [4.69, 9.17) is 0 Å². The molecule has 2 rings (SSSR count). The van der Waals surface area contributed by atoms with Crippen LogP contribution in [0.3, 0.4) is 0 Å². The average molecular weight is 547 g/mol. The van der Waals surface area contributed by atoms with Crippen LogP contribution in [0.4, 0.5) is 37.4 Å². The van der Waals surface area contributed by atoms with Gasteiger partial charge in [0, 0.05) is 5.56 Å². The minimum absolute atomic E-state index is 0.165. The van der Waals surface area contributed by atoms with E-state index in [0.717, 1.165) is 6.92 Å². The second-order valence-electron chi connectivity index (χ2n) is 6.70. The molecule has 1 aliphatic rings. The van der Waals surface area contributed by atoms with E-state index in [1.54, 1.807) is 0 Å². The van der Waals surface area contributed by atoms with E-state index in [1.165, 1.54) is 0 Å². The highest BCUT2D eigenvalue weighted by molar-refractivity contribution is 8.45. The zero-order valence-corrected chi connectivity index (χ0v) is 17.7. The molecule has 1 unspecified atom stereocenters. The van der Waals surface area contributed by atoms with Crippen LogP contribution in [0.25, 0.3) is 6.08 Å². The predicted molar refractivity (Wildman–Crippen MR) is 97.2 cm³/mol. The summed E-state index contributed by atoms with van der Waals surface area (Å²) in [5, 5.41) is 8.91. The first-order valence-electron chi connectivity index (χ1n) is 8.78. The van der Waals surface area contributed by atoms with Gasteiger partial charge < -0.3 is 23.8 Å². The fourth-order valence-corrected chi connectivity index (χ4v) is 3.12. The van der Waals surface area contributed by atoms with E-state index in [1.807, 2.05) is 0 Å². The van der Waals surface area contributed by atoms with Crippen LogP contribution in [0.1, 0.15) is 12.5 Å². The van der Waals surface area contributed by atoms with Gasteiger partial charge in [-0.3, -0.25) is 0 Å². The van der Waals surface area contributed by atoms with Crippen LogP contribution in [-0.4, -0.2) is 49.0 Å². The Bertz CT molecular complexity index is 1060. The Morgan fingerprint density at radius 3 is 2.31 bits per heavy atom. The van der Waals surface area contributed by atoms with Crippen LogP contribution < -0.4 is 4.74 Å². The van der Waals surface area contributed by atoms with Gasteiger partial charge in [-0.2, -0.15) is 13.2 Å². The zero-order valence-electron chi connectivity index (χ0n) is 16.9. The normalized spacial score (nSPS) is 18.4. The highest BCUT2D eigenvalue weighted by Crippen LogP contribution is 3.02. The number of esters is 1. The number of benzene rings is 1. The molecule has 0 bridgehead atoms. The molecule has 0 fully saturated rings. The number of hydrogen-bond acceptors (Lipinski definition) is 9. The van der Waals surface area contributed by atoms with E-state index in [9.17, 15) is 52.3 Å². The number of nitrogens with zero attached hydrogens (tertiary/aromatic N) is 1. The number of rotatable bonds is 8. The third-order valence-electron chi connectivity index (χ3n) is 3.87. The first kappa shape index (κ1) is 27.7. The van der Waals surface area contributed by atoms with Crippen LogP contribution in [0.15, 0.2) is 28.7 Å². The van der Waals surface area contributed by atoms with Gasteiger partial charge in [0.1, 0.15) is 23.4 Å². The van der Waals surface area contributed by atoms with Crippen molar-refractivity contribution in [3.8, 4) is 5.75 Å². The molecule has 1 heterocycles. The van der Waals surface area contributed by atoms with Crippen molar-refractivity contribution in [2.24, 2.45) is 0 Å². The van der Waals surface area contributed by atoms with E-state index in [0.29, 0.717) is 0 Å². The van der Waals surface area contributed by atoms with Crippen molar-refractivity contribution < 1.29 is 71.1 Å². The molecule has 0 saturated carbocycles. The number of carbonyl (C=O) groups excluding carboxylic acids is 2. The number of halogens is 8. The Labute approximate surface area is 189 Å². The second-order valence-corrected chi connectivity index (χ2v) is 9.11. The lowest BCUT2D eigenvalue weighted by Gasteiger charge is -2.41. The molecule has 0 N–H and O–H groups in total. The van der Waals surface area contributed by atoms with Crippen LogP contribution in [0, 0.1) is 10.1 Å². The largest absolute Gasteiger partial charge is 0.511 e. The minimum atomic E-state index is -10.2. The smallest absolute Gasteiger partial charge is 0.475 e. The number of carbonyl (C=O) groups is 2. The Morgan fingerprint density at radius 1 is 1.14 bits per heavy atom. The summed E-state index contributed by atoms with van der Waals surface area (Å²) in [6.07, 6.45) is -11.0. The monoisotopic (exact) mass is 547 g/mol. The molecule has 0 saturated heterocycles. The molecule has 1 aromatic rings. The molecule has 19 heteroatoms. The molecular weight excluding hydrogens is 534 g/mol. The quantitative estimate of drug-likeness (QED) is 0.140. The standard InChI is InChI=1S/C16H13F8NO9S/c1-8(34-25(28)29)6-30-15(27)32-7-31-14(26)11-5-9-4-10(35(20,21,22,23)24)2-3-12(9)33-13(11)16(17,18)19/h2-5,8,13H,6-7H2,1H3/t8?,13-/m0/s1.